The van der Waals surface area contributed by atoms with E-state index in [1.54, 1.807) is 0 Å². The molecule has 0 spiro atoms. The molecule has 0 bridgehead atoms. The quantitative estimate of drug-likeness (QED) is 0.873. The third-order valence-corrected chi connectivity index (χ3v) is 3.16. The van der Waals surface area contributed by atoms with Crippen molar-refractivity contribution in [2.24, 2.45) is 0 Å². The Labute approximate surface area is 103 Å². The number of nitrogens with one attached hydrogen (secondary N) is 1. The van der Waals surface area contributed by atoms with Crippen LogP contribution in [0.1, 0.15) is 37.9 Å². The van der Waals surface area contributed by atoms with E-state index in [1.807, 2.05) is 0 Å². The summed E-state index contributed by atoms with van der Waals surface area (Å²) in [4.78, 5) is 4.68. The minimum Gasteiger partial charge on any atom is -0.356 e. The molecule has 3 nitrogen and oxygen atoms in total. The van der Waals surface area contributed by atoms with Crippen LogP contribution in [-0.2, 0) is 0 Å². The molecule has 1 aromatic heterocycles. The van der Waals surface area contributed by atoms with Gasteiger partial charge in [0.15, 0.2) is 0 Å². The van der Waals surface area contributed by atoms with Crippen molar-refractivity contribution < 1.29 is 0 Å². The van der Waals surface area contributed by atoms with Crippen LogP contribution >= 0.6 is 0 Å². The fourth-order valence-electron chi connectivity index (χ4n) is 2.16. The van der Waals surface area contributed by atoms with Crippen molar-refractivity contribution in [3.05, 3.63) is 23.3 Å². The molecule has 92 valence electrons. The van der Waals surface area contributed by atoms with Gasteiger partial charge in [-0.2, -0.15) is 0 Å². The average molecular weight is 231 g/mol. The van der Waals surface area contributed by atoms with Crippen molar-refractivity contribution in [1.82, 2.24) is 9.55 Å². The molecule has 0 fully saturated rings. The maximum Gasteiger partial charge on any atom is 0.204 e. The molecule has 2 rings (SSSR count). The molecule has 1 heterocycles. The Hall–Kier alpha value is -1.51. The highest BCUT2D eigenvalue weighted by molar-refractivity contribution is 5.80. The highest BCUT2D eigenvalue weighted by atomic mass is 15.2. The number of aryl methyl sites for hydroxylation is 2. The number of anilines is 1. The molecule has 17 heavy (non-hydrogen) atoms. The van der Waals surface area contributed by atoms with Crippen LogP contribution in [0.5, 0.6) is 0 Å². The molecular weight excluding hydrogens is 210 g/mol. The van der Waals surface area contributed by atoms with Crippen molar-refractivity contribution in [3.63, 3.8) is 0 Å². The number of hydrogen-bond donors (Lipinski definition) is 1. The van der Waals surface area contributed by atoms with E-state index in [2.05, 4.69) is 61.6 Å². The van der Waals surface area contributed by atoms with Gasteiger partial charge < -0.3 is 9.88 Å². The Morgan fingerprint density at radius 1 is 1.24 bits per heavy atom. The van der Waals surface area contributed by atoms with Gasteiger partial charge in [-0.1, -0.05) is 0 Å². The third-order valence-electron chi connectivity index (χ3n) is 3.16. The third kappa shape index (κ3) is 2.02. The number of rotatable bonds is 3. The standard InChI is InChI=1S/C14H21N3/c1-6-15-14-16-12-7-10(4)11(5)8-13(12)17(14)9(2)3/h7-9H,6H2,1-5H3,(H,15,16). The van der Waals surface area contributed by atoms with Gasteiger partial charge in [-0.3, -0.25) is 0 Å². The summed E-state index contributed by atoms with van der Waals surface area (Å²) in [5.41, 5.74) is 4.92. The Bertz CT molecular complexity index is 538. The first-order valence-electron chi connectivity index (χ1n) is 6.27. The lowest BCUT2D eigenvalue weighted by molar-refractivity contribution is 0.623. The zero-order chi connectivity index (χ0) is 12.6. The number of aromatic nitrogens is 2. The molecule has 2 aromatic rings. The summed E-state index contributed by atoms with van der Waals surface area (Å²) in [7, 11) is 0. The number of nitrogens with zero attached hydrogens (tertiary/aromatic N) is 2. The highest BCUT2D eigenvalue weighted by Crippen LogP contribution is 2.26. The van der Waals surface area contributed by atoms with Crippen molar-refractivity contribution in [2.75, 3.05) is 11.9 Å². The minimum atomic E-state index is 0.413. The van der Waals surface area contributed by atoms with Gasteiger partial charge in [0.25, 0.3) is 0 Å². The van der Waals surface area contributed by atoms with Gasteiger partial charge in [0.05, 0.1) is 11.0 Å². The van der Waals surface area contributed by atoms with E-state index in [1.165, 1.54) is 16.6 Å². The molecule has 0 amide bonds. The second-order valence-corrected chi connectivity index (χ2v) is 4.85. The maximum atomic E-state index is 4.68. The summed E-state index contributed by atoms with van der Waals surface area (Å²) in [6.45, 7) is 11.7. The van der Waals surface area contributed by atoms with Gasteiger partial charge in [0.2, 0.25) is 5.95 Å². The number of fused-ring (bicyclic) bond motifs is 1. The van der Waals surface area contributed by atoms with Gasteiger partial charge in [-0.05, 0) is 57.9 Å². The molecule has 1 N–H and O–H groups in total. The monoisotopic (exact) mass is 231 g/mol. The van der Waals surface area contributed by atoms with Crippen molar-refractivity contribution in [1.29, 1.82) is 0 Å². The molecular formula is C14H21N3. The van der Waals surface area contributed by atoms with Crippen LogP contribution in [0.25, 0.3) is 11.0 Å². The van der Waals surface area contributed by atoms with E-state index in [-0.39, 0.29) is 0 Å². The smallest absolute Gasteiger partial charge is 0.204 e. The molecule has 0 radical (unpaired) electrons. The van der Waals surface area contributed by atoms with Crippen molar-refractivity contribution in [2.45, 2.75) is 40.7 Å². The Balaban J connectivity index is 2.71. The number of hydrogen-bond acceptors (Lipinski definition) is 2. The van der Waals surface area contributed by atoms with Crippen LogP contribution < -0.4 is 5.32 Å². The van der Waals surface area contributed by atoms with E-state index >= 15 is 0 Å². The van der Waals surface area contributed by atoms with E-state index in [0.717, 1.165) is 18.0 Å². The van der Waals surface area contributed by atoms with E-state index < -0.39 is 0 Å². The molecule has 0 atom stereocenters. The lowest BCUT2D eigenvalue weighted by Crippen LogP contribution is -2.08. The van der Waals surface area contributed by atoms with Gasteiger partial charge >= 0.3 is 0 Å². The molecule has 0 aliphatic carbocycles. The minimum absolute atomic E-state index is 0.413. The van der Waals surface area contributed by atoms with Gasteiger partial charge in [-0.15, -0.1) is 0 Å². The number of benzene rings is 1. The van der Waals surface area contributed by atoms with Gasteiger partial charge in [-0.25, -0.2) is 4.98 Å². The molecule has 0 saturated carbocycles. The molecule has 0 saturated heterocycles. The van der Waals surface area contributed by atoms with Crippen LogP contribution in [0.2, 0.25) is 0 Å². The van der Waals surface area contributed by atoms with E-state index in [0.29, 0.717) is 6.04 Å². The fraction of sp³-hybridized carbons (Fsp3) is 0.500. The van der Waals surface area contributed by atoms with Crippen LogP contribution in [0.4, 0.5) is 5.95 Å². The zero-order valence-corrected chi connectivity index (χ0v) is 11.3. The summed E-state index contributed by atoms with van der Waals surface area (Å²) in [5.74, 6) is 0.975. The second-order valence-electron chi connectivity index (χ2n) is 4.85. The summed E-state index contributed by atoms with van der Waals surface area (Å²) in [5, 5.41) is 3.34. The van der Waals surface area contributed by atoms with Gasteiger partial charge in [0, 0.05) is 12.6 Å². The topological polar surface area (TPSA) is 29.9 Å². The van der Waals surface area contributed by atoms with E-state index in [4.69, 9.17) is 0 Å². The Morgan fingerprint density at radius 2 is 1.88 bits per heavy atom. The first-order valence-corrected chi connectivity index (χ1v) is 6.27. The van der Waals surface area contributed by atoms with Crippen LogP contribution in [0, 0.1) is 13.8 Å². The largest absolute Gasteiger partial charge is 0.356 e. The first-order chi connectivity index (χ1) is 8.04. The predicted octanol–water partition coefficient (Wildman–Crippen LogP) is 3.67. The van der Waals surface area contributed by atoms with Crippen LogP contribution in [0.15, 0.2) is 12.1 Å². The summed E-state index contributed by atoms with van der Waals surface area (Å²) in [6.07, 6.45) is 0. The lowest BCUT2D eigenvalue weighted by atomic mass is 10.1. The summed E-state index contributed by atoms with van der Waals surface area (Å²) in [6, 6.07) is 4.82. The summed E-state index contributed by atoms with van der Waals surface area (Å²) >= 11 is 0. The highest BCUT2D eigenvalue weighted by Gasteiger charge is 2.13. The van der Waals surface area contributed by atoms with Crippen LogP contribution in [0.3, 0.4) is 0 Å². The van der Waals surface area contributed by atoms with Crippen molar-refractivity contribution >= 4 is 17.0 Å². The Morgan fingerprint density at radius 3 is 2.47 bits per heavy atom. The molecule has 0 aliphatic rings. The summed E-state index contributed by atoms with van der Waals surface area (Å²) < 4.78 is 2.27. The zero-order valence-electron chi connectivity index (χ0n) is 11.3. The van der Waals surface area contributed by atoms with Gasteiger partial charge in [0.1, 0.15) is 0 Å². The maximum absolute atomic E-state index is 4.68. The SMILES string of the molecule is CCNc1nc2cc(C)c(C)cc2n1C(C)C. The molecule has 0 unspecified atom stereocenters. The normalized spacial score (nSPS) is 11.4. The number of imidazole rings is 1. The predicted molar refractivity (Wildman–Crippen MR) is 73.8 cm³/mol. The second kappa shape index (κ2) is 4.40. The van der Waals surface area contributed by atoms with Crippen molar-refractivity contribution in [3.8, 4) is 0 Å². The Kier molecular flexibility index (Phi) is 3.09. The average Bonchev–Trinajstić information content (AvgIpc) is 2.57. The lowest BCUT2D eigenvalue weighted by Gasteiger charge is -2.13. The fourth-order valence-corrected chi connectivity index (χ4v) is 2.16. The molecule has 0 aliphatic heterocycles. The van der Waals surface area contributed by atoms with E-state index in [9.17, 15) is 0 Å². The molecule has 1 aromatic carbocycles. The first kappa shape index (κ1) is 12.0. The molecule has 3 heteroatoms. The van der Waals surface area contributed by atoms with Crippen LogP contribution in [-0.4, -0.2) is 16.1 Å².